The molecule has 1 aliphatic heterocycles. The molecule has 0 aliphatic carbocycles. The predicted molar refractivity (Wildman–Crippen MR) is 77.8 cm³/mol. The summed E-state index contributed by atoms with van der Waals surface area (Å²) in [6.07, 6.45) is 2.05. The van der Waals surface area contributed by atoms with Gasteiger partial charge in [0.25, 0.3) is 5.91 Å². The van der Waals surface area contributed by atoms with Crippen molar-refractivity contribution in [1.29, 1.82) is 0 Å². The topological polar surface area (TPSA) is 61.9 Å². The lowest BCUT2D eigenvalue weighted by Gasteiger charge is -2.22. The van der Waals surface area contributed by atoms with E-state index in [1.807, 2.05) is 18.7 Å². The van der Waals surface area contributed by atoms with Crippen molar-refractivity contribution in [2.24, 2.45) is 0 Å². The first-order valence-corrected chi connectivity index (χ1v) is 7.86. The second-order valence-corrected chi connectivity index (χ2v) is 6.19. The number of thiophene rings is 1. The molecule has 1 aliphatic rings. The summed E-state index contributed by atoms with van der Waals surface area (Å²) in [6, 6.07) is 2.27. The molecule has 1 fully saturated rings. The normalized spacial score (nSPS) is 18.9. The van der Waals surface area contributed by atoms with Crippen LogP contribution in [0.5, 0.6) is 0 Å². The standard InChI is InChI=1S/C14H18N4OS/c1-9(2)12-15-13(17-16-12)14(19)18-6-3-4-11(18)10-5-7-20-8-10/h5,7-9,11H,3-4,6H2,1-2H3,(H,15,16,17). The van der Waals surface area contributed by atoms with Crippen molar-refractivity contribution in [2.75, 3.05) is 6.54 Å². The maximum atomic E-state index is 12.6. The Bertz CT molecular complexity index is 590. The van der Waals surface area contributed by atoms with Crippen LogP contribution in [-0.4, -0.2) is 32.5 Å². The minimum atomic E-state index is -0.0677. The number of hydrogen-bond donors (Lipinski definition) is 1. The van der Waals surface area contributed by atoms with Gasteiger partial charge in [0, 0.05) is 12.5 Å². The van der Waals surface area contributed by atoms with Gasteiger partial charge in [-0.05, 0) is 35.2 Å². The summed E-state index contributed by atoms with van der Waals surface area (Å²) in [5, 5.41) is 11.1. The number of hydrogen-bond acceptors (Lipinski definition) is 4. The Morgan fingerprint density at radius 1 is 1.55 bits per heavy atom. The minimum Gasteiger partial charge on any atom is -0.329 e. The van der Waals surface area contributed by atoms with E-state index in [4.69, 9.17) is 0 Å². The highest BCUT2D eigenvalue weighted by Gasteiger charge is 2.32. The van der Waals surface area contributed by atoms with Crippen LogP contribution in [0.2, 0.25) is 0 Å². The average Bonchev–Trinajstić information content (AvgIpc) is 3.17. The van der Waals surface area contributed by atoms with E-state index >= 15 is 0 Å². The Morgan fingerprint density at radius 2 is 2.40 bits per heavy atom. The quantitative estimate of drug-likeness (QED) is 0.945. The van der Waals surface area contributed by atoms with Gasteiger partial charge in [-0.15, -0.1) is 5.10 Å². The van der Waals surface area contributed by atoms with Crippen molar-refractivity contribution < 1.29 is 4.79 Å². The zero-order chi connectivity index (χ0) is 14.1. The van der Waals surface area contributed by atoms with Crippen molar-refractivity contribution in [3.63, 3.8) is 0 Å². The van der Waals surface area contributed by atoms with Gasteiger partial charge in [-0.25, -0.2) is 4.98 Å². The Balaban J connectivity index is 1.82. The summed E-state index contributed by atoms with van der Waals surface area (Å²) in [5.74, 6) is 1.23. The van der Waals surface area contributed by atoms with Crippen molar-refractivity contribution in [3.05, 3.63) is 34.0 Å². The van der Waals surface area contributed by atoms with Gasteiger partial charge in [0.2, 0.25) is 5.82 Å². The molecular weight excluding hydrogens is 272 g/mol. The molecule has 3 heterocycles. The van der Waals surface area contributed by atoms with Crippen LogP contribution in [0.15, 0.2) is 16.8 Å². The van der Waals surface area contributed by atoms with Crippen molar-refractivity contribution in [1.82, 2.24) is 20.1 Å². The molecule has 0 saturated carbocycles. The number of amides is 1. The fraction of sp³-hybridized carbons (Fsp3) is 0.500. The monoisotopic (exact) mass is 290 g/mol. The van der Waals surface area contributed by atoms with E-state index in [-0.39, 0.29) is 23.7 Å². The minimum absolute atomic E-state index is 0.0677. The van der Waals surface area contributed by atoms with E-state index in [0.717, 1.165) is 25.2 Å². The van der Waals surface area contributed by atoms with Crippen LogP contribution in [0.25, 0.3) is 0 Å². The summed E-state index contributed by atoms with van der Waals surface area (Å²) >= 11 is 1.67. The summed E-state index contributed by atoms with van der Waals surface area (Å²) in [7, 11) is 0. The lowest BCUT2D eigenvalue weighted by molar-refractivity contribution is 0.0724. The lowest BCUT2D eigenvalue weighted by Crippen LogP contribution is -2.31. The molecule has 2 aromatic rings. The molecule has 2 aromatic heterocycles. The van der Waals surface area contributed by atoms with E-state index in [0.29, 0.717) is 0 Å². The van der Waals surface area contributed by atoms with Gasteiger partial charge in [-0.3, -0.25) is 9.89 Å². The molecular formula is C14H18N4OS. The molecule has 1 amide bonds. The van der Waals surface area contributed by atoms with Gasteiger partial charge >= 0.3 is 0 Å². The number of nitrogens with zero attached hydrogens (tertiary/aromatic N) is 3. The van der Waals surface area contributed by atoms with Crippen molar-refractivity contribution >= 4 is 17.2 Å². The second-order valence-electron chi connectivity index (χ2n) is 5.41. The van der Waals surface area contributed by atoms with Crippen molar-refractivity contribution in [3.8, 4) is 0 Å². The third-order valence-electron chi connectivity index (χ3n) is 3.68. The number of aromatic nitrogens is 3. The number of carbonyl (C=O) groups is 1. The van der Waals surface area contributed by atoms with Gasteiger partial charge in [0.1, 0.15) is 5.82 Å². The summed E-state index contributed by atoms with van der Waals surface area (Å²) in [5.41, 5.74) is 1.22. The molecule has 0 aromatic carbocycles. The number of likely N-dealkylation sites (tertiary alicyclic amines) is 1. The van der Waals surface area contributed by atoms with Crippen LogP contribution < -0.4 is 0 Å². The smallest absolute Gasteiger partial charge is 0.294 e. The van der Waals surface area contributed by atoms with Gasteiger partial charge in [0.15, 0.2) is 0 Å². The molecule has 1 unspecified atom stereocenters. The van der Waals surface area contributed by atoms with Crippen LogP contribution >= 0.6 is 11.3 Å². The molecule has 20 heavy (non-hydrogen) atoms. The summed E-state index contributed by atoms with van der Waals surface area (Å²) in [4.78, 5) is 18.8. The van der Waals surface area contributed by atoms with Gasteiger partial charge in [0.05, 0.1) is 6.04 Å². The Hall–Kier alpha value is -1.69. The van der Waals surface area contributed by atoms with Crippen molar-refractivity contribution in [2.45, 2.75) is 38.6 Å². The van der Waals surface area contributed by atoms with Crippen LogP contribution in [0.1, 0.15) is 60.7 Å². The molecule has 0 bridgehead atoms. The molecule has 6 heteroatoms. The molecule has 5 nitrogen and oxygen atoms in total. The number of rotatable bonds is 3. The first-order valence-electron chi connectivity index (χ1n) is 6.92. The zero-order valence-electron chi connectivity index (χ0n) is 11.7. The van der Waals surface area contributed by atoms with Crippen LogP contribution in [0, 0.1) is 0 Å². The number of nitrogens with one attached hydrogen (secondary N) is 1. The SMILES string of the molecule is CC(C)c1nc(C(=O)N2CCCC2c2ccsc2)n[nH]1. The highest BCUT2D eigenvalue weighted by Crippen LogP contribution is 2.33. The van der Waals surface area contributed by atoms with Gasteiger partial charge in [-0.2, -0.15) is 11.3 Å². The van der Waals surface area contributed by atoms with Gasteiger partial charge in [-0.1, -0.05) is 13.8 Å². The lowest BCUT2D eigenvalue weighted by atomic mass is 10.1. The van der Waals surface area contributed by atoms with E-state index < -0.39 is 0 Å². The van der Waals surface area contributed by atoms with E-state index in [1.165, 1.54) is 5.56 Å². The van der Waals surface area contributed by atoms with E-state index in [9.17, 15) is 4.79 Å². The molecule has 1 saturated heterocycles. The first kappa shape index (κ1) is 13.3. The average molecular weight is 290 g/mol. The maximum absolute atomic E-state index is 12.6. The third-order valence-corrected chi connectivity index (χ3v) is 4.38. The molecule has 3 rings (SSSR count). The third kappa shape index (κ3) is 2.35. The number of H-pyrrole nitrogens is 1. The maximum Gasteiger partial charge on any atom is 0.294 e. The second kappa shape index (κ2) is 5.36. The van der Waals surface area contributed by atoms with Crippen LogP contribution in [0.3, 0.4) is 0 Å². The fourth-order valence-corrected chi connectivity index (χ4v) is 3.28. The fourth-order valence-electron chi connectivity index (χ4n) is 2.58. The van der Waals surface area contributed by atoms with Crippen LogP contribution in [-0.2, 0) is 0 Å². The highest BCUT2D eigenvalue weighted by atomic mass is 32.1. The molecule has 1 N–H and O–H groups in total. The largest absolute Gasteiger partial charge is 0.329 e. The number of aromatic amines is 1. The molecule has 106 valence electrons. The van der Waals surface area contributed by atoms with E-state index in [2.05, 4.69) is 32.0 Å². The Kier molecular flexibility index (Phi) is 3.56. The molecule has 0 radical (unpaired) electrons. The van der Waals surface area contributed by atoms with Crippen LogP contribution in [0.4, 0.5) is 0 Å². The Morgan fingerprint density at radius 3 is 3.05 bits per heavy atom. The Labute approximate surface area is 122 Å². The summed E-state index contributed by atoms with van der Waals surface area (Å²) < 4.78 is 0. The highest BCUT2D eigenvalue weighted by molar-refractivity contribution is 7.07. The molecule has 1 atom stereocenters. The predicted octanol–water partition coefficient (Wildman–Crippen LogP) is 2.97. The first-order chi connectivity index (χ1) is 9.66. The molecule has 0 spiro atoms. The van der Waals surface area contributed by atoms with E-state index in [1.54, 1.807) is 11.3 Å². The zero-order valence-corrected chi connectivity index (χ0v) is 12.5. The summed E-state index contributed by atoms with van der Waals surface area (Å²) in [6.45, 7) is 4.84. The van der Waals surface area contributed by atoms with Gasteiger partial charge < -0.3 is 4.90 Å². The number of carbonyl (C=O) groups excluding carboxylic acids is 1.